The number of pyridine rings is 2. The molecule has 1 N–H and O–H groups in total. The van der Waals surface area contributed by atoms with Crippen LogP contribution in [-0.2, 0) is 0 Å². The maximum atomic E-state index is 10.4. The predicted octanol–water partition coefficient (Wildman–Crippen LogP) is 3.66. The third kappa shape index (κ3) is 4.57. The first-order valence-electron chi connectivity index (χ1n) is 7.35. The maximum Gasteiger partial charge on any atom is 0.317 e. The highest BCUT2D eigenvalue weighted by atomic mass is 16.6. The fraction of sp³-hybridized carbons (Fsp3) is 0.0588. The number of nitro benzene ring substituents is 2. The Morgan fingerprint density at radius 3 is 1.81 bits per heavy atom. The van der Waals surface area contributed by atoms with Crippen molar-refractivity contribution in [1.29, 1.82) is 0 Å². The summed E-state index contributed by atoms with van der Waals surface area (Å²) < 4.78 is 0. The molecule has 0 amide bonds. The summed E-state index contributed by atoms with van der Waals surface area (Å²) in [7, 11) is 0. The van der Waals surface area contributed by atoms with Gasteiger partial charge in [0, 0.05) is 24.0 Å². The monoisotopic (exact) mass is 354 g/mol. The molecule has 0 fully saturated rings. The fourth-order valence-corrected chi connectivity index (χ4v) is 2.02. The maximum absolute atomic E-state index is 10.4. The molecule has 0 spiro atoms. The SMILES string of the molecule is Cc1cc([N+](=O)[O-])cc([N+](=O)[O-])c1O.c1ccc(-c2ccccn2)nc1. The molecular formula is C17H14N4O5. The van der Waals surface area contributed by atoms with E-state index in [-0.39, 0.29) is 5.56 Å². The van der Waals surface area contributed by atoms with E-state index in [2.05, 4.69) is 9.97 Å². The molecule has 9 heteroatoms. The summed E-state index contributed by atoms with van der Waals surface area (Å²) >= 11 is 0. The van der Waals surface area contributed by atoms with E-state index < -0.39 is 27.0 Å². The Balaban J connectivity index is 0.000000189. The van der Waals surface area contributed by atoms with Gasteiger partial charge in [-0.15, -0.1) is 0 Å². The first-order chi connectivity index (χ1) is 12.4. The highest BCUT2D eigenvalue weighted by Gasteiger charge is 2.21. The van der Waals surface area contributed by atoms with Gasteiger partial charge in [0.1, 0.15) is 0 Å². The number of non-ortho nitro benzene ring substituents is 1. The van der Waals surface area contributed by atoms with Crippen LogP contribution in [0.15, 0.2) is 60.9 Å². The summed E-state index contributed by atoms with van der Waals surface area (Å²) in [4.78, 5) is 27.5. The number of rotatable bonds is 3. The number of aryl methyl sites for hydroxylation is 1. The van der Waals surface area contributed by atoms with Crippen molar-refractivity contribution in [3.63, 3.8) is 0 Å². The molecule has 3 rings (SSSR count). The van der Waals surface area contributed by atoms with E-state index in [4.69, 9.17) is 0 Å². The summed E-state index contributed by atoms with van der Waals surface area (Å²) in [5, 5.41) is 29.9. The molecule has 9 nitrogen and oxygen atoms in total. The first-order valence-corrected chi connectivity index (χ1v) is 7.35. The second-order valence-corrected chi connectivity index (χ2v) is 5.07. The molecular weight excluding hydrogens is 340 g/mol. The highest BCUT2D eigenvalue weighted by molar-refractivity contribution is 5.57. The lowest BCUT2D eigenvalue weighted by Crippen LogP contribution is -1.94. The van der Waals surface area contributed by atoms with E-state index >= 15 is 0 Å². The third-order valence-electron chi connectivity index (χ3n) is 3.26. The van der Waals surface area contributed by atoms with Crippen LogP contribution in [-0.4, -0.2) is 24.9 Å². The van der Waals surface area contributed by atoms with Crippen molar-refractivity contribution in [2.24, 2.45) is 0 Å². The van der Waals surface area contributed by atoms with E-state index in [9.17, 15) is 25.3 Å². The number of aromatic nitrogens is 2. The van der Waals surface area contributed by atoms with Gasteiger partial charge in [0.2, 0.25) is 0 Å². The Morgan fingerprint density at radius 1 is 0.885 bits per heavy atom. The lowest BCUT2D eigenvalue weighted by molar-refractivity contribution is -0.394. The Labute approximate surface area is 147 Å². The Bertz CT molecular complexity index is 880. The molecule has 3 aromatic rings. The van der Waals surface area contributed by atoms with Gasteiger partial charge in [-0.25, -0.2) is 0 Å². The number of aromatic hydroxyl groups is 1. The molecule has 2 heterocycles. The molecule has 2 aromatic heterocycles. The van der Waals surface area contributed by atoms with Crippen LogP contribution in [0.25, 0.3) is 11.4 Å². The molecule has 26 heavy (non-hydrogen) atoms. The molecule has 0 saturated carbocycles. The number of hydrogen-bond acceptors (Lipinski definition) is 7. The third-order valence-corrected chi connectivity index (χ3v) is 3.26. The summed E-state index contributed by atoms with van der Waals surface area (Å²) in [6.07, 6.45) is 3.54. The van der Waals surface area contributed by atoms with Crippen molar-refractivity contribution in [3.8, 4) is 17.1 Å². The number of benzene rings is 1. The number of nitrogens with zero attached hydrogens (tertiary/aromatic N) is 4. The Morgan fingerprint density at radius 2 is 1.42 bits per heavy atom. The van der Waals surface area contributed by atoms with Crippen LogP contribution in [0.2, 0.25) is 0 Å². The van der Waals surface area contributed by atoms with E-state index in [1.165, 1.54) is 6.92 Å². The topological polar surface area (TPSA) is 132 Å². The summed E-state index contributed by atoms with van der Waals surface area (Å²) in [6, 6.07) is 13.4. The van der Waals surface area contributed by atoms with Crippen molar-refractivity contribution < 1.29 is 15.0 Å². The lowest BCUT2D eigenvalue weighted by atomic mass is 10.1. The zero-order valence-corrected chi connectivity index (χ0v) is 13.6. The van der Waals surface area contributed by atoms with Gasteiger partial charge in [0.05, 0.1) is 27.3 Å². The van der Waals surface area contributed by atoms with Crippen LogP contribution in [0, 0.1) is 27.2 Å². The van der Waals surface area contributed by atoms with E-state index in [0.29, 0.717) is 0 Å². The van der Waals surface area contributed by atoms with Gasteiger partial charge >= 0.3 is 5.69 Å². The van der Waals surface area contributed by atoms with Crippen molar-refractivity contribution >= 4 is 11.4 Å². The number of hydrogen-bond donors (Lipinski definition) is 1. The molecule has 0 unspecified atom stereocenters. The second-order valence-electron chi connectivity index (χ2n) is 5.07. The molecule has 0 bridgehead atoms. The van der Waals surface area contributed by atoms with Crippen LogP contribution < -0.4 is 0 Å². The first kappa shape index (κ1) is 18.5. The summed E-state index contributed by atoms with van der Waals surface area (Å²) in [5.74, 6) is -0.541. The van der Waals surface area contributed by atoms with E-state index in [0.717, 1.165) is 23.5 Å². The number of phenols is 1. The minimum atomic E-state index is -0.866. The van der Waals surface area contributed by atoms with Gasteiger partial charge in [-0.2, -0.15) is 0 Å². The van der Waals surface area contributed by atoms with Crippen LogP contribution in [0.5, 0.6) is 5.75 Å². The molecule has 0 radical (unpaired) electrons. The zero-order chi connectivity index (χ0) is 19.1. The van der Waals surface area contributed by atoms with Gasteiger partial charge in [-0.1, -0.05) is 12.1 Å². The van der Waals surface area contributed by atoms with Crippen molar-refractivity contribution in [2.45, 2.75) is 6.92 Å². The van der Waals surface area contributed by atoms with E-state index in [1.807, 2.05) is 36.4 Å². The van der Waals surface area contributed by atoms with Gasteiger partial charge in [0.25, 0.3) is 5.69 Å². The average molecular weight is 354 g/mol. The summed E-state index contributed by atoms with van der Waals surface area (Å²) in [5.41, 5.74) is 0.866. The minimum absolute atomic E-state index is 0.103. The van der Waals surface area contributed by atoms with Crippen molar-refractivity contribution in [2.75, 3.05) is 0 Å². The standard InChI is InChI=1S/C10H8N2.C7H6N2O5/c1-3-7-11-9(5-1)10-6-2-4-8-12-10;1-4-2-5(8(11)12)3-6(7(4)10)9(13)14/h1-8H;2-3,10H,1H3. The van der Waals surface area contributed by atoms with Gasteiger partial charge in [-0.05, 0) is 31.2 Å². The van der Waals surface area contributed by atoms with Crippen LogP contribution in [0.3, 0.4) is 0 Å². The minimum Gasteiger partial charge on any atom is -0.502 e. The van der Waals surface area contributed by atoms with Crippen molar-refractivity contribution in [1.82, 2.24) is 9.97 Å². The smallest absolute Gasteiger partial charge is 0.317 e. The molecule has 0 atom stereocenters. The predicted molar refractivity (Wildman–Crippen MR) is 93.6 cm³/mol. The van der Waals surface area contributed by atoms with Crippen LogP contribution in [0.1, 0.15) is 5.56 Å². The molecule has 0 saturated heterocycles. The Hall–Kier alpha value is -3.88. The fourth-order valence-electron chi connectivity index (χ4n) is 2.02. The van der Waals surface area contributed by atoms with Gasteiger partial charge in [-0.3, -0.25) is 30.2 Å². The van der Waals surface area contributed by atoms with Crippen LogP contribution >= 0.6 is 0 Å². The summed E-state index contributed by atoms with van der Waals surface area (Å²) in [6.45, 7) is 1.36. The van der Waals surface area contributed by atoms with Crippen LogP contribution in [0.4, 0.5) is 11.4 Å². The van der Waals surface area contributed by atoms with Gasteiger partial charge < -0.3 is 5.11 Å². The lowest BCUT2D eigenvalue weighted by Gasteiger charge is -1.99. The normalized spacial score (nSPS) is 9.73. The number of phenolic OH excluding ortho intramolecular Hbond substituents is 1. The molecule has 0 aliphatic rings. The average Bonchev–Trinajstić information content (AvgIpc) is 2.65. The number of nitro groups is 2. The second kappa shape index (κ2) is 8.29. The molecule has 0 aliphatic carbocycles. The molecule has 132 valence electrons. The van der Waals surface area contributed by atoms with Crippen molar-refractivity contribution in [3.05, 3.63) is 86.7 Å². The zero-order valence-electron chi connectivity index (χ0n) is 13.6. The van der Waals surface area contributed by atoms with E-state index in [1.54, 1.807) is 12.4 Å². The largest absolute Gasteiger partial charge is 0.502 e. The Kier molecular flexibility index (Phi) is 5.88. The molecule has 1 aromatic carbocycles. The quantitative estimate of drug-likeness (QED) is 0.560. The molecule has 0 aliphatic heterocycles. The highest BCUT2D eigenvalue weighted by Crippen LogP contribution is 2.33. The van der Waals surface area contributed by atoms with Gasteiger partial charge in [0.15, 0.2) is 5.75 Å².